The first-order valence-electron chi connectivity index (χ1n) is 8.88. The summed E-state index contributed by atoms with van der Waals surface area (Å²) in [5, 5.41) is 9.84. The van der Waals surface area contributed by atoms with Gasteiger partial charge in [0.25, 0.3) is 0 Å². The maximum atomic E-state index is 13.0. The molecule has 144 valence electrons. The number of carboxylic acids is 1. The molecule has 27 heavy (non-hydrogen) atoms. The third kappa shape index (κ3) is 4.77. The quantitative estimate of drug-likeness (QED) is 0.672. The summed E-state index contributed by atoms with van der Waals surface area (Å²) in [6, 6.07) is 13.1. The van der Waals surface area contributed by atoms with Crippen LogP contribution in [-0.2, 0) is 22.2 Å². The number of carboxylic acid groups (broad SMARTS) is 1. The Morgan fingerprint density at radius 3 is 2.41 bits per heavy atom. The Balaban J connectivity index is 0.00000126. The standard InChI is InChI=1S/C19H19NO4S.C2H6/c1-13-3-7-16(8-4-13)25(23)20-12-14(5-10-19(21)22)17-11-15(24-2)6-9-18(17)20;1-2/h3-4,6-9,11-12H,5,10H2,1-2H3,(H,21,22);1-2H3. The number of rotatable bonds is 6. The Morgan fingerprint density at radius 2 is 1.81 bits per heavy atom. The summed E-state index contributed by atoms with van der Waals surface area (Å²) >= 11 is 0. The molecule has 0 amide bonds. The van der Waals surface area contributed by atoms with Gasteiger partial charge in [-0.1, -0.05) is 31.5 Å². The van der Waals surface area contributed by atoms with Gasteiger partial charge in [-0.05, 0) is 49.2 Å². The molecule has 1 unspecified atom stereocenters. The number of aromatic nitrogens is 1. The van der Waals surface area contributed by atoms with E-state index in [0.717, 1.165) is 22.0 Å². The third-order valence-electron chi connectivity index (χ3n) is 4.07. The van der Waals surface area contributed by atoms with Crippen molar-refractivity contribution in [3.05, 3.63) is 59.8 Å². The number of nitrogens with zero attached hydrogens (tertiary/aromatic N) is 1. The van der Waals surface area contributed by atoms with Gasteiger partial charge in [0.2, 0.25) is 0 Å². The first-order chi connectivity index (χ1) is 13.0. The minimum Gasteiger partial charge on any atom is -0.497 e. The van der Waals surface area contributed by atoms with Crippen LogP contribution in [0.1, 0.15) is 31.4 Å². The van der Waals surface area contributed by atoms with Crippen molar-refractivity contribution >= 4 is 27.9 Å². The molecular formula is C21H25NO4S. The molecule has 3 rings (SSSR count). The van der Waals surface area contributed by atoms with Crippen LogP contribution in [0.2, 0.25) is 0 Å². The van der Waals surface area contributed by atoms with E-state index < -0.39 is 17.0 Å². The van der Waals surface area contributed by atoms with E-state index in [4.69, 9.17) is 9.84 Å². The van der Waals surface area contributed by atoms with Crippen LogP contribution in [0.5, 0.6) is 5.75 Å². The lowest BCUT2D eigenvalue weighted by atomic mass is 10.1. The van der Waals surface area contributed by atoms with Gasteiger partial charge in [-0.25, -0.2) is 4.21 Å². The van der Waals surface area contributed by atoms with Crippen molar-refractivity contribution in [1.82, 2.24) is 3.97 Å². The molecule has 0 saturated heterocycles. The molecule has 1 aromatic heterocycles. The van der Waals surface area contributed by atoms with Crippen LogP contribution in [0, 0.1) is 6.92 Å². The van der Waals surface area contributed by atoms with Crippen LogP contribution >= 0.6 is 0 Å². The van der Waals surface area contributed by atoms with Gasteiger partial charge in [0.15, 0.2) is 11.0 Å². The van der Waals surface area contributed by atoms with Gasteiger partial charge < -0.3 is 9.84 Å². The molecule has 0 aliphatic carbocycles. The van der Waals surface area contributed by atoms with E-state index in [0.29, 0.717) is 17.1 Å². The zero-order valence-corrected chi connectivity index (χ0v) is 16.9. The smallest absolute Gasteiger partial charge is 0.303 e. The van der Waals surface area contributed by atoms with E-state index in [1.165, 1.54) is 0 Å². The van der Waals surface area contributed by atoms with E-state index in [9.17, 15) is 9.00 Å². The highest BCUT2D eigenvalue weighted by molar-refractivity contribution is 7.83. The minimum absolute atomic E-state index is 0.0213. The van der Waals surface area contributed by atoms with Crippen molar-refractivity contribution in [3.63, 3.8) is 0 Å². The maximum Gasteiger partial charge on any atom is 0.303 e. The molecule has 0 aliphatic rings. The van der Waals surface area contributed by atoms with Gasteiger partial charge >= 0.3 is 5.97 Å². The van der Waals surface area contributed by atoms with Crippen LogP contribution in [0.15, 0.2) is 53.6 Å². The predicted octanol–water partition coefficient (Wildman–Crippen LogP) is 4.57. The fourth-order valence-electron chi connectivity index (χ4n) is 2.72. The molecule has 3 aromatic rings. The average molecular weight is 388 g/mol. The third-order valence-corrected chi connectivity index (χ3v) is 5.40. The number of methoxy groups -OCH3 is 1. The number of carbonyl (C=O) groups is 1. The molecular weight excluding hydrogens is 362 g/mol. The Kier molecular flexibility index (Phi) is 7.19. The first kappa shape index (κ1) is 20.7. The number of benzene rings is 2. The molecule has 5 nitrogen and oxygen atoms in total. The molecule has 6 heteroatoms. The number of fused-ring (bicyclic) bond motifs is 1. The van der Waals surface area contributed by atoms with Crippen molar-refractivity contribution in [3.8, 4) is 5.75 Å². The molecule has 0 spiro atoms. The monoisotopic (exact) mass is 387 g/mol. The highest BCUT2D eigenvalue weighted by Gasteiger charge is 2.15. The van der Waals surface area contributed by atoms with E-state index in [1.807, 2.05) is 63.2 Å². The summed E-state index contributed by atoms with van der Waals surface area (Å²) < 4.78 is 20.0. The lowest BCUT2D eigenvalue weighted by Crippen LogP contribution is -2.03. The van der Waals surface area contributed by atoms with Crippen molar-refractivity contribution in [2.75, 3.05) is 7.11 Å². The average Bonchev–Trinajstić information content (AvgIpc) is 3.05. The molecule has 2 aromatic carbocycles. The van der Waals surface area contributed by atoms with Crippen LogP contribution in [0.4, 0.5) is 0 Å². The molecule has 0 radical (unpaired) electrons. The van der Waals surface area contributed by atoms with Gasteiger partial charge in [-0.2, -0.15) is 0 Å². The second-order valence-corrected chi connectivity index (χ2v) is 7.18. The fourth-order valence-corrected chi connectivity index (χ4v) is 3.88. The topological polar surface area (TPSA) is 68.5 Å². The van der Waals surface area contributed by atoms with Crippen molar-refractivity contribution in [1.29, 1.82) is 0 Å². The van der Waals surface area contributed by atoms with Gasteiger partial charge in [0.1, 0.15) is 5.75 Å². The largest absolute Gasteiger partial charge is 0.497 e. The van der Waals surface area contributed by atoms with Crippen molar-refractivity contribution in [2.24, 2.45) is 0 Å². The summed E-state index contributed by atoms with van der Waals surface area (Å²) in [6.07, 6.45) is 2.17. The highest BCUT2D eigenvalue weighted by atomic mass is 32.2. The van der Waals surface area contributed by atoms with Crippen LogP contribution in [-0.4, -0.2) is 26.4 Å². The summed E-state index contributed by atoms with van der Waals surface area (Å²) in [5.41, 5.74) is 2.74. The summed E-state index contributed by atoms with van der Waals surface area (Å²) in [5.74, 6) is -0.175. The number of aliphatic carboxylic acids is 1. The normalized spacial score (nSPS) is 11.6. The zero-order chi connectivity index (χ0) is 20.0. The van der Waals surface area contributed by atoms with E-state index in [-0.39, 0.29) is 6.42 Å². The lowest BCUT2D eigenvalue weighted by Gasteiger charge is -2.06. The predicted molar refractivity (Wildman–Crippen MR) is 109 cm³/mol. The Morgan fingerprint density at radius 1 is 1.15 bits per heavy atom. The number of hydrogen-bond donors (Lipinski definition) is 1. The SMILES string of the molecule is CC.COc1ccc2c(c1)c(CCC(=O)O)cn2S(=O)c1ccc(C)cc1. The van der Waals surface area contributed by atoms with E-state index in [2.05, 4.69) is 0 Å². The van der Waals surface area contributed by atoms with Gasteiger partial charge in [-0.15, -0.1) is 0 Å². The second kappa shape index (κ2) is 9.37. The molecule has 1 atom stereocenters. The molecule has 1 heterocycles. The highest BCUT2D eigenvalue weighted by Crippen LogP contribution is 2.29. The Labute approximate surface area is 162 Å². The second-order valence-electron chi connectivity index (χ2n) is 5.82. The van der Waals surface area contributed by atoms with E-state index >= 15 is 0 Å². The maximum absolute atomic E-state index is 13.0. The Hall–Kier alpha value is -2.60. The zero-order valence-electron chi connectivity index (χ0n) is 16.1. The first-order valence-corrected chi connectivity index (χ1v) is 9.99. The van der Waals surface area contributed by atoms with Crippen molar-refractivity contribution in [2.45, 2.75) is 38.5 Å². The molecule has 0 fully saturated rings. The van der Waals surface area contributed by atoms with Gasteiger partial charge in [0.05, 0.1) is 17.5 Å². The summed E-state index contributed by atoms with van der Waals surface area (Å²) in [4.78, 5) is 11.6. The van der Waals surface area contributed by atoms with Gasteiger partial charge in [0, 0.05) is 18.0 Å². The molecule has 1 N–H and O–H groups in total. The minimum atomic E-state index is -1.40. The summed E-state index contributed by atoms with van der Waals surface area (Å²) in [6.45, 7) is 5.98. The summed E-state index contributed by atoms with van der Waals surface area (Å²) in [7, 11) is 0.180. The molecule has 0 saturated carbocycles. The lowest BCUT2D eigenvalue weighted by molar-refractivity contribution is -0.136. The number of ether oxygens (including phenoxy) is 1. The number of aryl methyl sites for hydroxylation is 2. The number of hydrogen-bond acceptors (Lipinski definition) is 3. The van der Waals surface area contributed by atoms with Crippen LogP contribution < -0.4 is 4.74 Å². The van der Waals surface area contributed by atoms with Crippen LogP contribution in [0.25, 0.3) is 10.9 Å². The molecule has 0 bridgehead atoms. The molecule has 0 aliphatic heterocycles. The van der Waals surface area contributed by atoms with Crippen LogP contribution in [0.3, 0.4) is 0 Å². The fraction of sp³-hybridized carbons (Fsp3) is 0.286. The van der Waals surface area contributed by atoms with Crippen molar-refractivity contribution < 1.29 is 18.8 Å². The Bertz CT molecular complexity index is 945. The van der Waals surface area contributed by atoms with E-state index in [1.54, 1.807) is 17.3 Å². The van der Waals surface area contributed by atoms with Gasteiger partial charge in [-0.3, -0.25) is 8.77 Å².